The van der Waals surface area contributed by atoms with Crippen molar-refractivity contribution in [3.05, 3.63) is 29.3 Å². The fourth-order valence-corrected chi connectivity index (χ4v) is 2.54. The fourth-order valence-electron chi connectivity index (χ4n) is 2.54. The number of hydrogen-bond acceptors (Lipinski definition) is 4. The number of amides is 4. The Hall–Kier alpha value is -2.70. The van der Waals surface area contributed by atoms with E-state index >= 15 is 0 Å². The normalized spacial score (nSPS) is 21.7. The molecule has 21 heavy (non-hydrogen) atoms. The second kappa shape index (κ2) is 4.41. The molecule has 108 valence electrons. The number of imide groups is 1. The van der Waals surface area contributed by atoms with Gasteiger partial charge in [0.1, 0.15) is 12.6 Å². The maximum atomic E-state index is 12.1. The first-order chi connectivity index (χ1) is 9.90. The Bertz CT molecular complexity index is 697. The maximum Gasteiger partial charge on any atom is 0.261 e. The number of anilines is 1. The van der Waals surface area contributed by atoms with Gasteiger partial charge >= 0.3 is 0 Å². The third kappa shape index (κ3) is 1.89. The Morgan fingerprint density at radius 3 is 2.48 bits per heavy atom. The monoisotopic (exact) mass is 287 g/mol. The van der Waals surface area contributed by atoms with Crippen LogP contribution in [0.25, 0.3) is 0 Å². The molecule has 0 saturated carbocycles. The van der Waals surface area contributed by atoms with Gasteiger partial charge in [-0.1, -0.05) is 0 Å². The van der Waals surface area contributed by atoms with Crippen LogP contribution in [0.5, 0.6) is 0 Å². The molecule has 1 saturated heterocycles. The molecule has 0 aliphatic carbocycles. The third-order valence-corrected chi connectivity index (χ3v) is 3.70. The van der Waals surface area contributed by atoms with E-state index in [2.05, 4.69) is 5.32 Å². The number of nitrogens with zero attached hydrogens (tertiary/aromatic N) is 2. The van der Waals surface area contributed by atoms with E-state index in [1.807, 2.05) is 0 Å². The highest BCUT2D eigenvalue weighted by molar-refractivity contribution is 6.21. The molecule has 2 aliphatic heterocycles. The lowest BCUT2D eigenvalue weighted by molar-refractivity contribution is -0.130. The molecular weight excluding hydrogens is 274 g/mol. The molecule has 3 rings (SSSR count). The van der Waals surface area contributed by atoms with Crippen molar-refractivity contribution in [2.75, 3.05) is 18.5 Å². The summed E-state index contributed by atoms with van der Waals surface area (Å²) in [5.74, 6) is -1.28. The molecule has 2 aliphatic rings. The van der Waals surface area contributed by atoms with Gasteiger partial charge in [-0.15, -0.1) is 0 Å². The van der Waals surface area contributed by atoms with Crippen LogP contribution >= 0.6 is 0 Å². The molecule has 0 spiro atoms. The average Bonchev–Trinajstić information content (AvgIpc) is 2.67. The lowest BCUT2D eigenvalue weighted by Gasteiger charge is -2.30. The highest BCUT2D eigenvalue weighted by atomic mass is 16.2. The zero-order valence-corrected chi connectivity index (χ0v) is 11.5. The molecule has 0 radical (unpaired) electrons. The molecule has 1 N–H and O–H groups in total. The highest BCUT2D eigenvalue weighted by Gasteiger charge is 2.35. The van der Waals surface area contributed by atoms with Crippen molar-refractivity contribution in [1.82, 2.24) is 10.2 Å². The van der Waals surface area contributed by atoms with Crippen molar-refractivity contribution in [2.45, 2.75) is 13.0 Å². The van der Waals surface area contributed by atoms with Crippen LogP contribution in [-0.2, 0) is 9.59 Å². The summed E-state index contributed by atoms with van der Waals surface area (Å²) in [5.41, 5.74) is 1.01. The van der Waals surface area contributed by atoms with Gasteiger partial charge in [0.25, 0.3) is 11.8 Å². The van der Waals surface area contributed by atoms with Crippen LogP contribution in [0.1, 0.15) is 27.6 Å². The summed E-state index contributed by atoms with van der Waals surface area (Å²) in [6.07, 6.45) is 0. The summed E-state index contributed by atoms with van der Waals surface area (Å²) in [5, 5.41) is 2.54. The van der Waals surface area contributed by atoms with Gasteiger partial charge in [-0.3, -0.25) is 24.1 Å². The Labute approximate surface area is 120 Å². The van der Waals surface area contributed by atoms with Crippen molar-refractivity contribution >= 4 is 29.3 Å². The van der Waals surface area contributed by atoms with Crippen LogP contribution in [0.4, 0.5) is 5.69 Å². The van der Waals surface area contributed by atoms with Crippen molar-refractivity contribution in [3.63, 3.8) is 0 Å². The third-order valence-electron chi connectivity index (χ3n) is 3.70. The lowest BCUT2D eigenvalue weighted by atomic mass is 10.1. The Morgan fingerprint density at radius 2 is 1.76 bits per heavy atom. The second-order valence-corrected chi connectivity index (χ2v) is 5.11. The van der Waals surface area contributed by atoms with Crippen LogP contribution in [0, 0.1) is 0 Å². The molecule has 7 nitrogen and oxygen atoms in total. The van der Waals surface area contributed by atoms with Crippen molar-refractivity contribution in [2.24, 2.45) is 0 Å². The van der Waals surface area contributed by atoms with E-state index in [-0.39, 0.29) is 29.8 Å². The number of carbonyl (C=O) groups excluding carboxylic acids is 4. The summed E-state index contributed by atoms with van der Waals surface area (Å²) >= 11 is 0. The van der Waals surface area contributed by atoms with E-state index < -0.39 is 11.9 Å². The second-order valence-electron chi connectivity index (χ2n) is 5.11. The minimum atomic E-state index is -0.612. The summed E-state index contributed by atoms with van der Waals surface area (Å²) < 4.78 is 0. The van der Waals surface area contributed by atoms with Gasteiger partial charge in [-0.2, -0.15) is 0 Å². The first-order valence-electron chi connectivity index (χ1n) is 6.47. The van der Waals surface area contributed by atoms with Gasteiger partial charge in [0.15, 0.2) is 0 Å². The number of piperazine rings is 1. The first kappa shape index (κ1) is 13.3. The summed E-state index contributed by atoms with van der Waals surface area (Å²) in [7, 11) is 1.41. The summed E-state index contributed by atoms with van der Waals surface area (Å²) in [4.78, 5) is 49.8. The van der Waals surface area contributed by atoms with Gasteiger partial charge in [0.2, 0.25) is 11.8 Å². The first-order valence-corrected chi connectivity index (χ1v) is 6.47. The van der Waals surface area contributed by atoms with Crippen LogP contribution in [-0.4, -0.2) is 48.2 Å². The van der Waals surface area contributed by atoms with Crippen molar-refractivity contribution in [1.29, 1.82) is 0 Å². The molecular formula is C14H13N3O4. The minimum absolute atomic E-state index is 0.0973. The Balaban J connectivity index is 2.02. The molecule has 7 heteroatoms. The van der Waals surface area contributed by atoms with E-state index in [1.165, 1.54) is 24.1 Å². The standard InChI is InChI=1S/C14H13N3O4/c1-7-12(19)17(6-11(18)15-7)8-3-4-9-10(5-8)14(21)16(2)13(9)20/h3-5,7H,6H2,1-2H3,(H,15,18). The lowest BCUT2D eigenvalue weighted by Crippen LogP contribution is -2.57. The maximum absolute atomic E-state index is 12.1. The highest BCUT2D eigenvalue weighted by Crippen LogP contribution is 2.27. The predicted octanol–water partition coefficient (Wildman–Crippen LogP) is -0.236. The number of nitrogens with one attached hydrogen (secondary N) is 1. The van der Waals surface area contributed by atoms with Gasteiger partial charge < -0.3 is 10.2 Å². The molecule has 1 fully saturated rings. The van der Waals surface area contributed by atoms with Gasteiger partial charge in [-0.25, -0.2) is 0 Å². The zero-order chi connectivity index (χ0) is 15.3. The fraction of sp³-hybridized carbons (Fsp3) is 0.286. The quantitative estimate of drug-likeness (QED) is 0.722. The van der Waals surface area contributed by atoms with E-state index in [1.54, 1.807) is 13.0 Å². The van der Waals surface area contributed by atoms with Crippen LogP contribution in [0.15, 0.2) is 18.2 Å². The molecule has 4 amide bonds. The Morgan fingerprint density at radius 1 is 1.10 bits per heavy atom. The summed E-state index contributed by atoms with van der Waals surface area (Å²) in [6.45, 7) is 1.50. The van der Waals surface area contributed by atoms with Crippen molar-refractivity contribution < 1.29 is 19.2 Å². The molecule has 2 heterocycles. The topological polar surface area (TPSA) is 86.8 Å². The number of benzene rings is 1. The number of carbonyl (C=O) groups is 4. The minimum Gasteiger partial charge on any atom is -0.343 e. The van der Waals surface area contributed by atoms with Gasteiger partial charge in [-0.05, 0) is 25.1 Å². The average molecular weight is 287 g/mol. The number of hydrogen-bond donors (Lipinski definition) is 1. The summed E-state index contributed by atoms with van der Waals surface area (Å²) in [6, 6.07) is 3.97. The molecule has 1 atom stereocenters. The molecule has 1 unspecified atom stereocenters. The molecule has 1 aromatic carbocycles. The zero-order valence-electron chi connectivity index (χ0n) is 11.5. The molecule has 1 aromatic rings. The van der Waals surface area contributed by atoms with Crippen LogP contribution < -0.4 is 10.2 Å². The Kier molecular flexibility index (Phi) is 2.79. The number of fused-ring (bicyclic) bond motifs is 1. The van der Waals surface area contributed by atoms with E-state index in [9.17, 15) is 19.2 Å². The van der Waals surface area contributed by atoms with E-state index in [0.717, 1.165) is 4.90 Å². The van der Waals surface area contributed by atoms with Crippen molar-refractivity contribution in [3.8, 4) is 0 Å². The molecule has 0 bridgehead atoms. The van der Waals surface area contributed by atoms with Crippen LogP contribution in [0.2, 0.25) is 0 Å². The smallest absolute Gasteiger partial charge is 0.261 e. The van der Waals surface area contributed by atoms with Gasteiger partial charge in [0.05, 0.1) is 11.1 Å². The van der Waals surface area contributed by atoms with E-state index in [0.29, 0.717) is 11.3 Å². The largest absolute Gasteiger partial charge is 0.343 e. The predicted molar refractivity (Wildman–Crippen MR) is 72.8 cm³/mol. The van der Waals surface area contributed by atoms with Gasteiger partial charge in [0, 0.05) is 12.7 Å². The SMILES string of the molecule is CC1NC(=O)CN(c2ccc3c(c2)C(=O)N(C)C3=O)C1=O. The number of rotatable bonds is 1. The van der Waals surface area contributed by atoms with E-state index in [4.69, 9.17) is 0 Å². The van der Waals surface area contributed by atoms with Crippen LogP contribution in [0.3, 0.4) is 0 Å². The molecule has 0 aromatic heterocycles.